The van der Waals surface area contributed by atoms with Crippen LogP contribution in [0.15, 0.2) is 47.4 Å². The third-order valence-corrected chi connectivity index (χ3v) is 4.08. The van der Waals surface area contributed by atoms with E-state index in [0.717, 1.165) is 16.7 Å². The van der Waals surface area contributed by atoms with E-state index in [1.165, 1.54) is 6.07 Å². The molecule has 2 N–H and O–H groups in total. The van der Waals surface area contributed by atoms with E-state index < -0.39 is 10.0 Å². The van der Waals surface area contributed by atoms with Gasteiger partial charge in [-0.1, -0.05) is 36.4 Å². The lowest BCUT2D eigenvalue weighted by Gasteiger charge is -2.12. The average Bonchev–Trinajstić information content (AvgIpc) is 2.29. The Morgan fingerprint density at radius 3 is 2.05 bits per heavy atom. The maximum atomic E-state index is 11.5. The quantitative estimate of drug-likeness (QED) is 0.926. The normalized spacial score (nSPS) is 10.9. The van der Waals surface area contributed by atoms with Crippen molar-refractivity contribution in [2.45, 2.75) is 18.7 Å². The smallest absolute Gasteiger partial charge is 0.225 e. The highest BCUT2D eigenvalue weighted by Crippen LogP contribution is 2.29. The molecule has 0 spiro atoms. The van der Waals surface area contributed by atoms with Crippen LogP contribution in [0.2, 0.25) is 0 Å². The molecule has 0 heterocycles. The van der Waals surface area contributed by atoms with Crippen LogP contribution < -0.4 is 5.14 Å². The van der Waals surface area contributed by atoms with Crippen LogP contribution in [0.5, 0.6) is 0 Å². The molecule has 0 aliphatic heterocycles. The molecule has 2 rings (SSSR count). The Hall–Kier alpha value is -1.36. The summed E-state index contributed by atoms with van der Waals surface area (Å²) >= 11 is 0. The molecule has 0 unspecified atom stereocenters. The highest BCUT2D eigenvalue weighted by molar-refractivity contribution is 7.89. The van der Waals surface area contributed by atoms with Crippen molar-refractivity contribution >= 4 is 22.4 Å². The van der Waals surface area contributed by atoms with Gasteiger partial charge in [0, 0.05) is 0 Å². The predicted octanol–water partition coefficient (Wildman–Crippen LogP) is 3.04. The van der Waals surface area contributed by atoms with Gasteiger partial charge in [-0.3, -0.25) is 0 Å². The van der Waals surface area contributed by atoms with Gasteiger partial charge in [-0.05, 0) is 42.2 Å². The number of primary sulfonamides is 1. The van der Waals surface area contributed by atoms with Crippen molar-refractivity contribution in [2.24, 2.45) is 5.14 Å². The van der Waals surface area contributed by atoms with Crippen molar-refractivity contribution < 1.29 is 8.42 Å². The van der Waals surface area contributed by atoms with E-state index in [1.54, 1.807) is 13.0 Å². The lowest BCUT2D eigenvalue weighted by Crippen LogP contribution is -2.14. The summed E-state index contributed by atoms with van der Waals surface area (Å²) in [7, 11) is -3.68. The van der Waals surface area contributed by atoms with Crippen LogP contribution >= 0.6 is 12.4 Å². The Morgan fingerprint density at radius 1 is 0.895 bits per heavy atom. The summed E-state index contributed by atoms with van der Waals surface area (Å²) < 4.78 is 23.0. The molecule has 0 aliphatic rings. The summed E-state index contributed by atoms with van der Waals surface area (Å²) in [6, 6.07) is 13.0. The molecule has 0 aromatic heterocycles. The zero-order chi connectivity index (χ0) is 13.3. The molecule has 102 valence electrons. The highest BCUT2D eigenvalue weighted by atomic mass is 35.5. The van der Waals surface area contributed by atoms with Gasteiger partial charge in [-0.15, -0.1) is 12.4 Å². The van der Waals surface area contributed by atoms with Gasteiger partial charge in [0.25, 0.3) is 0 Å². The van der Waals surface area contributed by atoms with E-state index in [0.29, 0.717) is 5.56 Å². The van der Waals surface area contributed by atoms with E-state index in [-0.39, 0.29) is 17.3 Å². The van der Waals surface area contributed by atoms with Gasteiger partial charge < -0.3 is 0 Å². The van der Waals surface area contributed by atoms with Crippen molar-refractivity contribution in [1.29, 1.82) is 0 Å². The standard InChI is InChI=1S/C14H15NO2S.ClH/c1-10-6-3-4-7-12(10)13-8-5-9-14(11(13)2)18(15,16)17;/h3-9H,1-2H3,(H2,15,16,17);1H. The Balaban J connectivity index is 0.00000180. The minimum atomic E-state index is -3.68. The number of aryl methyl sites for hydroxylation is 1. The van der Waals surface area contributed by atoms with Gasteiger partial charge in [0.2, 0.25) is 10.0 Å². The fraction of sp³-hybridized carbons (Fsp3) is 0.143. The van der Waals surface area contributed by atoms with E-state index in [4.69, 9.17) is 5.14 Å². The van der Waals surface area contributed by atoms with E-state index in [1.807, 2.05) is 37.3 Å². The molecule has 2 aromatic carbocycles. The Kier molecular flexibility index (Phi) is 4.74. The number of rotatable bonds is 2. The van der Waals surface area contributed by atoms with Gasteiger partial charge in [-0.2, -0.15) is 0 Å². The van der Waals surface area contributed by atoms with Crippen molar-refractivity contribution in [3.05, 3.63) is 53.6 Å². The minimum Gasteiger partial charge on any atom is -0.225 e. The first-order valence-electron chi connectivity index (χ1n) is 5.59. The molecule has 0 radical (unpaired) electrons. The van der Waals surface area contributed by atoms with Crippen molar-refractivity contribution in [3.63, 3.8) is 0 Å². The number of hydrogen-bond donors (Lipinski definition) is 1. The highest BCUT2D eigenvalue weighted by Gasteiger charge is 2.15. The zero-order valence-corrected chi connectivity index (χ0v) is 12.4. The Bertz CT molecular complexity index is 696. The average molecular weight is 298 g/mol. The largest absolute Gasteiger partial charge is 0.238 e. The van der Waals surface area contributed by atoms with Gasteiger partial charge in [0.1, 0.15) is 0 Å². The molecule has 0 atom stereocenters. The molecular weight excluding hydrogens is 282 g/mol. The number of benzene rings is 2. The summed E-state index contributed by atoms with van der Waals surface area (Å²) in [4.78, 5) is 0.184. The maximum absolute atomic E-state index is 11.5. The summed E-state index contributed by atoms with van der Waals surface area (Å²) in [6.45, 7) is 3.78. The summed E-state index contributed by atoms with van der Waals surface area (Å²) in [5, 5.41) is 5.21. The second kappa shape index (κ2) is 5.74. The van der Waals surface area contributed by atoms with Gasteiger partial charge >= 0.3 is 0 Å². The van der Waals surface area contributed by atoms with Crippen LogP contribution in [0.25, 0.3) is 11.1 Å². The molecule has 0 amide bonds. The lowest BCUT2D eigenvalue weighted by atomic mass is 9.97. The fourth-order valence-electron chi connectivity index (χ4n) is 2.09. The monoisotopic (exact) mass is 297 g/mol. The first kappa shape index (κ1) is 15.7. The van der Waals surface area contributed by atoms with Crippen LogP contribution in [0, 0.1) is 13.8 Å². The van der Waals surface area contributed by atoms with Crippen LogP contribution in [0.3, 0.4) is 0 Å². The molecule has 0 saturated carbocycles. The van der Waals surface area contributed by atoms with Crippen molar-refractivity contribution in [1.82, 2.24) is 0 Å². The van der Waals surface area contributed by atoms with Gasteiger partial charge in [-0.25, -0.2) is 13.6 Å². The second-order valence-corrected chi connectivity index (χ2v) is 5.82. The third kappa shape index (κ3) is 3.15. The second-order valence-electron chi connectivity index (χ2n) is 4.29. The van der Waals surface area contributed by atoms with E-state index in [2.05, 4.69) is 0 Å². The number of nitrogens with two attached hydrogens (primary N) is 1. The van der Waals surface area contributed by atoms with Crippen LogP contribution in [-0.4, -0.2) is 8.42 Å². The molecule has 3 nitrogen and oxygen atoms in total. The number of sulfonamides is 1. The Labute approximate surface area is 119 Å². The Morgan fingerprint density at radius 2 is 1.47 bits per heavy atom. The first-order chi connectivity index (χ1) is 8.41. The molecule has 0 aliphatic carbocycles. The number of halogens is 1. The lowest BCUT2D eigenvalue weighted by molar-refractivity contribution is 0.597. The van der Waals surface area contributed by atoms with Crippen LogP contribution in [0.1, 0.15) is 11.1 Å². The van der Waals surface area contributed by atoms with Crippen LogP contribution in [0.4, 0.5) is 0 Å². The first-order valence-corrected chi connectivity index (χ1v) is 7.14. The summed E-state index contributed by atoms with van der Waals surface area (Å²) in [5.74, 6) is 0. The molecule has 0 fully saturated rings. The van der Waals surface area contributed by atoms with E-state index in [9.17, 15) is 8.42 Å². The van der Waals surface area contributed by atoms with Gasteiger partial charge in [0.05, 0.1) is 4.90 Å². The minimum absolute atomic E-state index is 0. The van der Waals surface area contributed by atoms with Crippen LogP contribution in [-0.2, 0) is 10.0 Å². The van der Waals surface area contributed by atoms with Crippen molar-refractivity contribution in [3.8, 4) is 11.1 Å². The predicted molar refractivity (Wildman–Crippen MR) is 80.0 cm³/mol. The maximum Gasteiger partial charge on any atom is 0.238 e. The SMILES string of the molecule is Cc1ccccc1-c1cccc(S(N)(=O)=O)c1C.Cl. The van der Waals surface area contributed by atoms with Gasteiger partial charge in [0.15, 0.2) is 0 Å². The topological polar surface area (TPSA) is 60.2 Å². The molecule has 0 saturated heterocycles. The number of hydrogen-bond acceptors (Lipinski definition) is 2. The fourth-order valence-corrected chi connectivity index (χ4v) is 2.89. The molecule has 2 aromatic rings. The molecule has 5 heteroatoms. The van der Waals surface area contributed by atoms with E-state index >= 15 is 0 Å². The summed E-state index contributed by atoms with van der Waals surface area (Å²) in [6.07, 6.45) is 0. The zero-order valence-electron chi connectivity index (χ0n) is 10.8. The van der Waals surface area contributed by atoms with Crippen molar-refractivity contribution in [2.75, 3.05) is 0 Å². The molecule has 0 bridgehead atoms. The molecular formula is C14H16ClNO2S. The third-order valence-electron chi connectivity index (χ3n) is 3.03. The summed E-state index contributed by atoms with van der Waals surface area (Å²) in [5.41, 5.74) is 3.72. The molecule has 19 heavy (non-hydrogen) atoms.